The first-order valence-electron chi connectivity index (χ1n) is 12.2. The molecule has 1 amide bonds. The van der Waals surface area contributed by atoms with E-state index in [1.165, 1.54) is 25.3 Å². The number of hydrogen-bond acceptors (Lipinski definition) is 10. The number of benzene rings is 2. The molecule has 0 aliphatic carbocycles. The van der Waals surface area contributed by atoms with Gasteiger partial charge in [0.25, 0.3) is 5.78 Å². The van der Waals surface area contributed by atoms with Crippen molar-refractivity contribution in [1.82, 2.24) is 4.98 Å². The highest BCUT2D eigenvalue weighted by atomic mass is 32.1. The van der Waals surface area contributed by atoms with Crippen molar-refractivity contribution in [2.24, 2.45) is 0 Å². The van der Waals surface area contributed by atoms with Gasteiger partial charge in [0.15, 0.2) is 16.6 Å². The van der Waals surface area contributed by atoms with Gasteiger partial charge in [-0.25, -0.2) is 9.78 Å². The summed E-state index contributed by atoms with van der Waals surface area (Å²) in [5.41, 5.74) is 0.815. The number of anilines is 1. The number of hydrogen-bond donors (Lipinski definition) is 2. The fraction of sp³-hybridized carbons (Fsp3) is 0.286. The quantitative estimate of drug-likeness (QED) is 0.176. The van der Waals surface area contributed by atoms with Crippen molar-refractivity contribution < 1.29 is 38.8 Å². The standard InChI is InChI=1S/C28H28N2O8S/c1-6-37-20-13-17(9-12-19(20)31)22-21(23(32)16-7-10-18(11-8-16)38-14(2)3)24(33)26(34)30(22)28-29-15(4)25(39-28)27(35)36-5/h7-14,22,31-32H,6H2,1-5H3/b23-21+. The lowest BCUT2D eigenvalue weighted by Crippen LogP contribution is -2.29. The van der Waals surface area contributed by atoms with Crippen LogP contribution >= 0.6 is 11.3 Å². The minimum absolute atomic E-state index is 0.0552. The molecular formula is C28H28N2O8S. The number of phenolic OH excluding ortho intramolecular Hbond substituents is 1. The zero-order valence-corrected chi connectivity index (χ0v) is 22.9. The Kier molecular flexibility index (Phi) is 7.91. The van der Waals surface area contributed by atoms with Gasteiger partial charge in [0, 0.05) is 5.56 Å². The third-order valence-corrected chi connectivity index (χ3v) is 7.04. The fourth-order valence-corrected chi connectivity index (χ4v) is 5.22. The molecule has 1 fully saturated rings. The second-order valence-corrected chi connectivity index (χ2v) is 9.90. The van der Waals surface area contributed by atoms with E-state index in [2.05, 4.69) is 4.98 Å². The number of carbonyl (C=O) groups excluding carboxylic acids is 3. The second-order valence-electron chi connectivity index (χ2n) is 8.92. The largest absolute Gasteiger partial charge is 0.507 e. The minimum atomic E-state index is -1.13. The minimum Gasteiger partial charge on any atom is -0.507 e. The van der Waals surface area contributed by atoms with Crippen LogP contribution in [0.15, 0.2) is 48.0 Å². The lowest BCUT2D eigenvalue weighted by Gasteiger charge is -2.23. The van der Waals surface area contributed by atoms with E-state index in [1.807, 2.05) is 13.8 Å². The first-order chi connectivity index (χ1) is 18.6. The number of Topliss-reactive ketones (excluding diaryl/α,β-unsaturated/α-hetero) is 1. The SMILES string of the molecule is CCOc1cc(C2/C(=C(\O)c3ccc(OC(C)C)cc3)C(=O)C(=O)N2c2nc(C)c(C(=O)OC)s2)ccc1O. The fourth-order valence-electron chi connectivity index (χ4n) is 4.20. The lowest BCUT2D eigenvalue weighted by molar-refractivity contribution is -0.132. The summed E-state index contributed by atoms with van der Waals surface area (Å²) >= 11 is 0.894. The summed E-state index contributed by atoms with van der Waals surface area (Å²) in [6, 6.07) is 9.75. The van der Waals surface area contributed by atoms with Crippen LogP contribution in [0.25, 0.3) is 5.76 Å². The molecule has 204 valence electrons. The number of aliphatic hydroxyl groups excluding tert-OH is 1. The molecule has 1 aliphatic heterocycles. The number of aryl methyl sites for hydroxylation is 1. The Morgan fingerprint density at radius 2 is 1.85 bits per heavy atom. The van der Waals surface area contributed by atoms with Crippen molar-refractivity contribution >= 4 is 39.9 Å². The normalized spacial score (nSPS) is 16.6. The van der Waals surface area contributed by atoms with Crippen LogP contribution in [0, 0.1) is 6.92 Å². The van der Waals surface area contributed by atoms with E-state index in [-0.39, 0.29) is 39.8 Å². The summed E-state index contributed by atoms with van der Waals surface area (Å²) in [5, 5.41) is 21.7. The van der Waals surface area contributed by atoms with Crippen molar-refractivity contribution in [2.75, 3.05) is 18.6 Å². The molecule has 1 aliphatic rings. The molecule has 4 rings (SSSR count). The molecule has 2 N–H and O–H groups in total. The number of aliphatic hydroxyl groups is 1. The number of aromatic hydroxyl groups is 1. The topological polar surface area (TPSA) is 135 Å². The maximum atomic E-state index is 13.4. The predicted octanol–water partition coefficient (Wildman–Crippen LogP) is 4.76. The van der Waals surface area contributed by atoms with Crippen molar-refractivity contribution in [1.29, 1.82) is 0 Å². The average Bonchev–Trinajstić information content (AvgIpc) is 3.41. The van der Waals surface area contributed by atoms with Gasteiger partial charge < -0.3 is 24.4 Å². The second kappa shape index (κ2) is 11.2. The Hall–Kier alpha value is -4.38. The Morgan fingerprint density at radius 3 is 2.46 bits per heavy atom. The van der Waals surface area contributed by atoms with Crippen molar-refractivity contribution in [3.05, 3.63) is 69.7 Å². The number of ketones is 1. The van der Waals surface area contributed by atoms with Gasteiger partial charge in [0.05, 0.1) is 37.1 Å². The van der Waals surface area contributed by atoms with Crippen LogP contribution in [0.5, 0.6) is 17.2 Å². The molecule has 1 unspecified atom stereocenters. The van der Waals surface area contributed by atoms with Crippen LogP contribution in [0.2, 0.25) is 0 Å². The van der Waals surface area contributed by atoms with Crippen LogP contribution in [-0.4, -0.2) is 52.7 Å². The van der Waals surface area contributed by atoms with Gasteiger partial charge in [0.2, 0.25) is 0 Å². The monoisotopic (exact) mass is 552 g/mol. The van der Waals surface area contributed by atoms with Gasteiger partial charge in [-0.05, 0) is 69.7 Å². The number of thiazole rings is 1. The molecule has 2 aromatic carbocycles. The first-order valence-corrected chi connectivity index (χ1v) is 13.0. The van der Waals surface area contributed by atoms with Crippen molar-refractivity contribution in [3.8, 4) is 17.2 Å². The third-order valence-electron chi connectivity index (χ3n) is 5.91. The van der Waals surface area contributed by atoms with Crippen LogP contribution in [0.4, 0.5) is 5.13 Å². The van der Waals surface area contributed by atoms with Gasteiger partial charge >= 0.3 is 11.9 Å². The van der Waals surface area contributed by atoms with Gasteiger partial charge in [-0.3, -0.25) is 14.5 Å². The van der Waals surface area contributed by atoms with Gasteiger partial charge in [-0.2, -0.15) is 0 Å². The van der Waals surface area contributed by atoms with E-state index in [0.717, 1.165) is 16.2 Å². The summed E-state index contributed by atoms with van der Waals surface area (Å²) in [6.07, 6.45) is -0.0552. The number of phenols is 1. The summed E-state index contributed by atoms with van der Waals surface area (Å²) in [6.45, 7) is 7.37. The molecule has 0 bridgehead atoms. The lowest BCUT2D eigenvalue weighted by atomic mass is 9.95. The van der Waals surface area contributed by atoms with Gasteiger partial charge in [0.1, 0.15) is 16.4 Å². The maximum absolute atomic E-state index is 13.4. The highest BCUT2D eigenvalue weighted by Gasteiger charge is 2.48. The molecular weight excluding hydrogens is 524 g/mol. The molecule has 1 atom stereocenters. The van der Waals surface area contributed by atoms with E-state index in [4.69, 9.17) is 14.2 Å². The van der Waals surface area contributed by atoms with Crippen molar-refractivity contribution in [2.45, 2.75) is 39.8 Å². The third kappa shape index (κ3) is 5.30. The average molecular weight is 553 g/mol. The smallest absolute Gasteiger partial charge is 0.350 e. The molecule has 0 spiro atoms. The molecule has 1 aromatic heterocycles. The Labute approximate surface area is 229 Å². The van der Waals surface area contributed by atoms with E-state index >= 15 is 0 Å². The zero-order valence-electron chi connectivity index (χ0n) is 22.0. The number of ether oxygens (including phenoxy) is 3. The molecule has 3 aromatic rings. The molecule has 2 heterocycles. The number of methoxy groups -OCH3 is 1. The summed E-state index contributed by atoms with van der Waals surface area (Å²) in [5.74, 6) is -2.30. The molecule has 10 nitrogen and oxygen atoms in total. The van der Waals surface area contributed by atoms with Crippen LogP contribution in [-0.2, 0) is 14.3 Å². The zero-order chi connectivity index (χ0) is 28.4. The Morgan fingerprint density at radius 1 is 1.15 bits per heavy atom. The van der Waals surface area contributed by atoms with E-state index in [0.29, 0.717) is 22.6 Å². The Bertz CT molecular complexity index is 1460. The number of carbonyl (C=O) groups is 3. The summed E-state index contributed by atoms with van der Waals surface area (Å²) < 4.78 is 16.0. The van der Waals surface area contributed by atoms with E-state index < -0.39 is 29.5 Å². The highest BCUT2D eigenvalue weighted by Crippen LogP contribution is 2.45. The number of rotatable bonds is 8. The van der Waals surface area contributed by atoms with E-state index in [9.17, 15) is 24.6 Å². The molecule has 11 heteroatoms. The predicted molar refractivity (Wildman–Crippen MR) is 144 cm³/mol. The summed E-state index contributed by atoms with van der Waals surface area (Å²) in [4.78, 5) is 44.8. The molecule has 0 radical (unpaired) electrons. The van der Waals surface area contributed by atoms with Crippen LogP contribution in [0.1, 0.15) is 53.3 Å². The van der Waals surface area contributed by atoms with Crippen LogP contribution in [0.3, 0.4) is 0 Å². The van der Waals surface area contributed by atoms with Gasteiger partial charge in [-0.15, -0.1) is 0 Å². The van der Waals surface area contributed by atoms with Gasteiger partial charge in [-0.1, -0.05) is 17.4 Å². The summed E-state index contributed by atoms with van der Waals surface area (Å²) in [7, 11) is 1.23. The Balaban J connectivity index is 1.91. The molecule has 1 saturated heterocycles. The van der Waals surface area contributed by atoms with Crippen LogP contribution < -0.4 is 14.4 Å². The van der Waals surface area contributed by atoms with Crippen molar-refractivity contribution in [3.63, 3.8) is 0 Å². The maximum Gasteiger partial charge on any atom is 0.350 e. The number of amides is 1. The van der Waals surface area contributed by atoms with E-state index in [1.54, 1.807) is 38.1 Å². The number of esters is 1. The first kappa shape index (κ1) is 27.6. The molecule has 0 saturated carbocycles. The number of nitrogens with zero attached hydrogens (tertiary/aromatic N) is 2. The molecule has 39 heavy (non-hydrogen) atoms. The number of aromatic nitrogens is 1. The highest BCUT2D eigenvalue weighted by molar-refractivity contribution is 7.17.